The lowest BCUT2D eigenvalue weighted by molar-refractivity contribution is 0.525. The predicted octanol–water partition coefficient (Wildman–Crippen LogP) is 3.44. The highest BCUT2D eigenvalue weighted by Gasteiger charge is 2.21. The van der Waals surface area contributed by atoms with Crippen molar-refractivity contribution in [2.24, 2.45) is 0 Å². The fourth-order valence-electron chi connectivity index (χ4n) is 2.25. The highest BCUT2D eigenvalue weighted by atomic mass is 35.5. The van der Waals surface area contributed by atoms with Crippen LogP contribution < -0.4 is 0 Å². The number of aryl methyl sites for hydroxylation is 1. The van der Waals surface area contributed by atoms with Crippen molar-refractivity contribution in [2.45, 2.75) is 38.5 Å². The number of pyridine rings is 1. The summed E-state index contributed by atoms with van der Waals surface area (Å²) in [5, 5.41) is 9.23. The molecule has 0 saturated heterocycles. The van der Waals surface area contributed by atoms with E-state index in [1.165, 1.54) is 18.4 Å². The highest BCUT2D eigenvalue weighted by molar-refractivity contribution is 6.30. The van der Waals surface area contributed by atoms with Crippen LogP contribution in [0, 0.1) is 11.3 Å². The Kier molecular flexibility index (Phi) is 2.93. The van der Waals surface area contributed by atoms with Crippen LogP contribution in [0.2, 0.25) is 5.15 Å². The summed E-state index contributed by atoms with van der Waals surface area (Å²) in [6.45, 7) is 2.17. The van der Waals surface area contributed by atoms with E-state index in [2.05, 4.69) is 18.0 Å². The number of aromatic nitrogens is 1. The number of nitriles is 1. The van der Waals surface area contributed by atoms with Crippen molar-refractivity contribution in [1.29, 1.82) is 5.26 Å². The van der Waals surface area contributed by atoms with Crippen LogP contribution in [0.5, 0.6) is 0 Å². The molecule has 0 fully saturated rings. The standard InChI is InChI=1S/C12H13ClN2/c1-2-8-4-3-5-9-6-10(7-14)12(13)15-11(8)9/h6,8H,2-5H2,1H3. The van der Waals surface area contributed by atoms with Crippen LogP contribution >= 0.6 is 11.6 Å². The second-order valence-corrected chi connectivity index (χ2v) is 4.34. The smallest absolute Gasteiger partial charge is 0.147 e. The van der Waals surface area contributed by atoms with E-state index in [1.54, 1.807) is 0 Å². The van der Waals surface area contributed by atoms with Crippen molar-refractivity contribution in [3.63, 3.8) is 0 Å². The highest BCUT2D eigenvalue weighted by Crippen LogP contribution is 2.34. The van der Waals surface area contributed by atoms with Gasteiger partial charge in [-0.25, -0.2) is 4.98 Å². The summed E-state index contributed by atoms with van der Waals surface area (Å²) >= 11 is 5.95. The van der Waals surface area contributed by atoms with Gasteiger partial charge in [0.25, 0.3) is 0 Å². The van der Waals surface area contributed by atoms with Gasteiger partial charge in [0.1, 0.15) is 11.2 Å². The van der Waals surface area contributed by atoms with E-state index in [1.807, 2.05) is 6.07 Å². The first-order valence-electron chi connectivity index (χ1n) is 5.35. The topological polar surface area (TPSA) is 36.7 Å². The lowest BCUT2D eigenvalue weighted by Crippen LogP contribution is -2.12. The molecule has 1 atom stereocenters. The van der Waals surface area contributed by atoms with Crippen LogP contribution in [0.4, 0.5) is 0 Å². The molecular weight excluding hydrogens is 208 g/mol. The molecule has 1 aliphatic carbocycles. The first-order valence-corrected chi connectivity index (χ1v) is 5.73. The summed E-state index contributed by atoms with van der Waals surface area (Å²) < 4.78 is 0. The normalized spacial score (nSPS) is 19.4. The van der Waals surface area contributed by atoms with Gasteiger partial charge in [0.2, 0.25) is 0 Å². The molecule has 2 nitrogen and oxygen atoms in total. The molecule has 1 aliphatic rings. The van der Waals surface area contributed by atoms with Gasteiger partial charge in [-0.1, -0.05) is 18.5 Å². The number of fused-ring (bicyclic) bond motifs is 1. The predicted molar refractivity (Wildman–Crippen MR) is 59.9 cm³/mol. The third kappa shape index (κ3) is 1.85. The minimum atomic E-state index is 0.358. The first kappa shape index (κ1) is 10.4. The van der Waals surface area contributed by atoms with E-state index in [0.29, 0.717) is 16.6 Å². The van der Waals surface area contributed by atoms with E-state index in [0.717, 1.165) is 18.5 Å². The molecule has 1 unspecified atom stereocenters. The van der Waals surface area contributed by atoms with E-state index in [-0.39, 0.29) is 0 Å². The Bertz CT molecular complexity index is 420. The minimum absolute atomic E-state index is 0.358. The molecule has 3 heteroatoms. The summed E-state index contributed by atoms with van der Waals surface area (Å²) in [5.74, 6) is 0.527. The van der Waals surface area contributed by atoms with Crippen molar-refractivity contribution >= 4 is 11.6 Å². The van der Waals surface area contributed by atoms with Crippen LogP contribution in [-0.4, -0.2) is 4.98 Å². The average Bonchev–Trinajstić information content (AvgIpc) is 2.27. The Labute approximate surface area is 94.9 Å². The summed E-state index contributed by atoms with van der Waals surface area (Å²) in [6, 6.07) is 3.99. The van der Waals surface area contributed by atoms with Crippen LogP contribution in [0.1, 0.15) is 48.9 Å². The zero-order chi connectivity index (χ0) is 10.8. The molecule has 0 N–H and O–H groups in total. The molecule has 0 amide bonds. The maximum atomic E-state index is 8.87. The van der Waals surface area contributed by atoms with Gasteiger partial charge in [-0.15, -0.1) is 0 Å². The maximum Gasteiger partial charge on any atom is 0.147 e. The van der Waals surface area contributed by atoms with Crippen LogP contribution in [0.15, 0.2) is 6.07 Å². The second kappa shape index (κ2) is 4.20. The van der Waals surface area contributed by atoms with Crippen molar-refractivity contribution in [2.75, 3.05) is 0 Å². The van der Waals surface area contributed by atoms with Crippen LogP contribution in [-0.2, 0) is 6.42 Å². The summed E-state index contributed by atoms with van der Waals surface area (Å²) in [5.41, 5.74) is 2.84. The fourth-order valence-corrected chi connectivity index (χ4v) is 2.44. The monoisotopic (exact) mass is 220 g/mol. The molecule has 15 heavy (non-hydrogen) atoms. The van der Waals surface area contributed by atoms with Crippen molar-refractivity contribution in [3.05, 3.63) is 28.0 Å². The van der Waals surface area contributed by atoms with E-state index in [9.17, 15) is 0 Å². The largest absolute Gasteiger partial charge is 0.239 e. The third-order valence-electron chi connectivity index (χ3n) is 3.09. The molecule has 0 aliphatic heterocycles. The molecule has 0 radical (unpaired) electrons. The summed E-state index contributed by atoms with van der Waals surface area (Å²) in [7, 11) is 0. The molecule has 1 aromatic rings. The van der Waals surface area contributed by atoms with Crippen molar-refractivity contribution in [3.8, 4) is 6.07 Å². The van der Waals surface area contributed by atoms with Gasteiger partial charge >= 0.3 is 0 Å². The van der Waals surface area contributed by atoms with E-state index in [4.69, 9.17) is 16.9 Å². The van der Waals surface area contributed by atoms with Crippen molar-refractivity contribution in [1.82, 2.24) is 4.98 Å². The molecule has 2 rings (SSSR count). The number of hydrogen-bond donors (Lipinski definition) is 0. The molecule has 78 valence electrons. The van der Waals surface area contributed by atoms with Crippen LogP contribution in [0.3, 0.4) is 0 Å². The average molecular weight is 221 g/mol. The number of halogens is 1. The van der Waals surface area contributed by atoms with Gasteiger partial charge in [-0.2, -0.15) is 5.26 Å². The second-order valence-electron chi connectivity index (χ2n) is 3.98. The molecule has 0 aromatic carbocycles. The number of nitrogens with zero attached hydrogens (tertiary/aromatic N) is 2. The first-order chi connectivity index (χ1) is 7.26. The lowest BCUT2D eigenvalue weighted by atomic mass is 9.85. The minimum Gasteiger partial charge on any atom is -0.239 e. The molecule has 0 bridgehead atoms. The Balaban J connectivity index is 2.51. The SMILES string of the molecule is CCC1CCCc2cc(C#N)c(Cl)nc21. The Morgan fingerprint density at radius 3 is 3.13 bits per heavy atom. The quantitative estimate of drug-likeness (QED) is 0.680. The van der Waals surface area contributed by atoms with Gasteiger partial charge in [0.05, 0.1) is 5.56 Å². The number of rotatable bonds is 1. The Hall–Kier alpha value is -1.07. The molecule has 0 saturated carbocycles. The summed E-state index contributed by atoms with van der Waals surface area (Å²) in [6.07, 6.45) is 4.52. The molecule has 1 heterocycles. The fraction of sp³-hybridized carbons (Fsp3) is 0.500. The zero-order valence-electron chi connectivity index (χ0n) is 8.76. The van der Waals surface area contributed by atoms with E-state index < -0.39 is 0 Å². The lowest BCUT2D eigenvalue weighted by Gasteiger charge is -2.23. The van der Waals surface area contributed by atoms with E-state index >= 15 is 0 Å². The van der Waals surface area contributed by atoms with Gasteiger partial charge in [0, 0.05) is 11.6 Å². The maximum absolute atomic E-state index is 8.87. The van der Waals surface area contributed by atoms with Crippen molar-refractivity contribution < 1.29 is 0 Å². The van der Waals surface area contributed by atoms with Gasteiger partial charge in [0.15, 0.2) is 0 Å². The molecular formula is C12H13ClN2. The van der Waals surface area contributed by atoms with Gasteiger partial charge in [-0.3, -0.25) is 0 Å². The third-order valence-corrected chi connectivity index (χ3v) is 3.38. The Morgan fingerprint density at radius 2 is 2.47 bits per heavy atom. The number of hydrogen-bond acceptors (Lipinski definition) is 2. The van der Waals surface area contributed by atoms with Gasteiger partial charge < -0.3 is 0 Å². The van der Waals surface area contributed by atoms with Crippen LogP contribution in [0.25, 0.3) is 0 Å². The molecule has 1 aromatic heterocycles. The Morgan fingerprint density at radius 1 is 1.67 bits per heavy atom. The summed E-state index contributed by atoms with van der Waals surface area (Å²) in [4.78, 5) is 4.38. The molecule has 0 spiro atoms. The van der Waals surface area contributed by atoms with Gasteiger partial charge in [-0.05, 0) is 37.3 Å². The zero-order valence-corrected chi connectivity index (χ0v) is 9.51.